The van der Waals surface area contributed by atoms with E-state index in [0.717, 1.165) is 5.75 Å². The van der Waals surface area contributed by atoms with Crippen LogP contribution in [0.2, 0.25) is 5.15 Å². The van der Waals surface area contributed by atoms with Crippen LogP contribution in [0.4, 0.5) is 5.69 Å². The predicted octanol–water partition coefficient (Wildman–Crippen LogP) is 4.47. The Morgan fingerprint density at radius 3 is 2.60 bits per heavy atom. The van der Waals surface area contributed by atoms with Crippen molar-refractivity contribution in [2.75, 3.05) is 11.1 Å². The van der Waals surface area contributed by atoms with Crippen molar-refractivity contribution in [3.8, 4) is 5.75 Å². The maximum atomic E-state index is 12.2. The highest BCUT2D eigenvalue weighted by molar-refractivity contribution is 7.99. The van der Waals surface area contributed by atoms with Gasteiger partial charge in [-0.15, -0.1) is 10.2 Å². The van der Waals surface area contributed by atoms with Crippen molar-refractivity contribution in [3.05, 3.63) is 59.1 Å². The van der Waals surface area contributed by atoms with Crippen molar-refractivity contribution in [2.45, 2.75) is 37.9 Å². The van der Waals surface area contributed by atoms with E-state index in [0.29, 0.717) is 16.7 Å². The van der Waals surface area contributed by atoms with E-state index in [-0.39, 0.29) is 28.8 Å². The maximum absolute atomic E-state index is 12.2. The number of nitrogens with zero attached hydrogens (tertiary/aromatic N) is 4. The molecule has 0 aliphatic heterocycles. The quantitative estimate of drug-likeness (QED) is 0.426. The molecular formula is C21H24ClN5O2S. The minimum Gasteiger partial charge on any atom is -0.486 e. The van der Waals surface area contributed by atoms with Gasteiger partial charge in [0.15, 0.2) is 16.1 Å². The van der Waals surface area contributed by atoms with Crippen LogP contribution < -0.4 is 10.1 Å². The van der Waals surface area contributed by atoms with E-state index in [1.807, 2.05) is 23.7 Å². The van der Waals surface area contributed by atoms with Gasteiger partial charge < -0.3 is 14.6 Å². The molecule has 0 radical (unpaired) electrons. The third kappa shape index (κ3) is 5.73. The van der Waals surface area contributed by atoms with Gasteiger partial charge >= 0.3 is 0 Å². The van der Waals surface area contributed by atoms with Crippen molar-refractivity contribution < 1.29 is 9.53 Å². The van der Waals surface area contributed by atoms with Gasteiger partial charge in [0.1, 0.15) is 12.4 Å². The van der Waals surface area contributed by atoms with Crippen molar-refractivity contribution in [3.63, 3.8) is 0 Å². The van der Waals surface area contributed by atoms with Gasteiger partial charge in [-0.05, 0) is 35.2 Å². The second kappa shape index (κ2) is 9.49. The van der Waals surface area contributed by atoms with Gasteiger partial charge in [-0.2, -0.15) is 0 Å². The number of carbonyl (C=O) groups is 1. The molecule has 0 spiro atoms. The molecule has 2 heterocycles. The molecule has 3 aromatic rings. The molecule has 30 heavy (non-hydrogen) atoms. The number of thioether (sulfide) groups is 1. The molecule has 3 rings (SSSR count). The summed E-state index contributed by atoms with van der Waals surface area (Å²) in [5.41, 5.74) is 1.83. The molecule has 1 amide bonds. The molecule has 0 saturated heterocycles. The second-order valence-corrected chi connectivity index (χ2v) is 9.00. The maximum Gasteiger partial charge on any atom is 0.234 e. The molecule has 0 fully saturated rings. The minimum atomic E-state index is -0.199. The number of rotatable bonds is 7. The summed E-state index contributed by atoms with van der Waals surface area (Å²) in [6, 6.07) is 11.5. The largest absolute Gasteiger partial charge is 0.486 e. The van der Waals surface area contributed by atoms with Crippen molar-refractivity contribution in [1.29, 1.82) is 0 Å². The number of carbonyl (C=O) groups excluding carboxylic acids is 1. The summed E-state index contributed by atoms with van der Waals surface area (Å²) in [6.07, 6.45) is 1.56. The molecule has 0 bridgehead atoms. The van der Waals surface area contributed by atoms with Gasteiger partial charge in [0.25, 0.3) is 0 Å². The first kappa shape index (κ1) is 22.1. The molecule has 0 aliphatic carbocycles. The zero-order chi connectivity index (χ0) is 21.7. The van der Waals surface area contributed by atoms with Gasteiger partial charge in [0, 0.05) is 13.2 Å². The van der Waals surface area contributed by atoms with Crippen LogP contribution in [0.1, 0.15) is 32.2 Å². The van der Waals surface area contributed by atoms with Gasteiger partial charge in [0.2, 0.25) is 5.91 Å². The lowest BCUT2D eigenvalue weighted by Gasteiger charge is -2.19. The number of nitrogens with one attached hydrogen (secondary N) is 1. The Labute approximate surface area is 185 Å². The Kier molecular flexibility index (Phi) is 6.99. The van der Waals surface area contributed by atoms with Gasteiger partial charge in [-0.25, -0.2) is 4.98 Å². The van der Waals surface area contributed by atoms with Crippen molar-refractivity contribution in [1.82, 2.24) is 19.7 Å². The zero-order valence-corrected chi connectivity index (χ0v) is 18.9. The third-order valence-electron chi connectivity index (χ3n) is 4.38. The number of ether oxygens (including phenoxy) is 1. The fraction of sp³-hybridized carbons (Fsp3) is 0.333. The van der Waals surface area contributed by atoms with E-state index in [4.69, 9.17) is 16.3 Å². The van der Waals surface area contributed by atoms with Crippen LogP contribution in [0.25, 0.3) is 0 Å². The highest BCUT2D eigenvalue weighted by atomic mass is 35.5. The Morgan fingerprint density at radius 1 is 1.20 bits per heavy atom. The molecule has 7 nitrogen and oxygen atoms in total. The van der Waals surface area contributed by atoms with Gasteiger partial charge in [0.05, 0.1) is 11.4 Å². The van der Waals surface area contributed by atoms with E-state index < -0.39 is 0 Å². The molecule has 0 atom stereocenters. The monoisotopic (exact) mass is 445 g/mol. The molecule has 0 saturated carbocycles. The average Bonchev–Trinajstić information content (AvgIpc) is 3.06. The summed E-state index contributed by atoms with van der Waals surface area (Å²) in [4.78, 5) is 16.1. The van der Waals surface area contributed by atoms with Crippen LogP contribution in [-0.4, -0.2) is 31.4 Å². The zero-order valence-electron chi connectivity index (χ0n) is 17.3. The van der Waals surface area contributed by atoms with Crippen LogP contribution >= 0.6 is 23.4 Å². The Morgan fingerprint density at radius 2 is 1.93 bits per heavy atom. The van der Waals surface area contributed by atoms with Gasteiger partial charge in [-0.3, -0.25) is 4.79 Å². The summed E-state index contributed by atoms with van der Waals surface area (Å²) >= 11 is 7.24. The summed E-state index contributed by atoms with van der Waals surface area (Å²) in [5, 5.41) is 11.9. The number of pyridine rings is 1. The Bertz CT molecular complexity index is 1010. The Hall–Kier alpha value is -2.58. The highest BCUT2D eigenvalue weighted by Gasteiger charge is 2.15. The first-order valence-corrected chi connectivity index (χ1v) is 10.7. The highest BCUT2D eigenvalue weighted by Crippen LogP contribution is 2.25. The fourth-order valence-corrected chi connectivity index (χ4v) is 3.49. The summed E-state index contributed by atoms with van der Waals surface area (Å²) in [7, 11) is 1.85. The fourth-order valence-electron chi connectivity index (χ4n) is 2.59. The minimum absolute atomic E-state index is 0.100. The lowest BCUT2D eigenvalue weighted by Crippen LogP contribution is -2.15. The summed E-state index contributed by atoms with van der Waals surface area (Å²) in [6.45, 7) is 6.81. The van der Waals surface area contributed by atoms with Crippen LogP contribution in [0, 0.1) is 0 Å². The first-order chi connectivity index (χ1) is 14.2. The van der Waals surface area contributed by atoms with Crippen LogP contribution in [0.5, 0.6) is 5.75 Å². The predicted molar refractivity (Wildman–Crippen MR) is 119 cm³/mol. The van der Waals surface area contributed by atoms with E-state index >= 15 is 0 Å². The SMILES string of the molecule is Cn1c(COc2ccc(C(C)(C)C)cc2)nnc1SCC(=O)Nc1cccnc1Cl. The normalized spacial score (nSPS) is 11.4. The molecule has 2 aromatic heterocycles. The standard InChI is InChI=1S/C21H24ClN5O2S/c1-21(2,3)14-7-9-15(10-8-14)29-12-17-25-26-20(27(17)4)30-13-18(28)24-16-6-5-11-23-19(16)22/h5-11H,12-13H2,1-4H3,(H,24,28). The topological polar surface area (TPSA) is 81.9 Å². The number of halogens is 1. The lowest BCUT2D eigenvalue weighted by molar-refractivity contribution is -0.113. The lowest BCUT2D eigenvalue weighted by atomic mass is 9.87. The van der Waals surface area contributed by atoms with E-state index in [1.54, 1.807) is 18.3 Å². The Balaban J connectivity index is 1.53. The molecule has 1 aromatic carbocycles. The summed E-state index contributed by atoms with van der Waals surface area (Å²) in [5.74, 6) is 1.42. The second-order valence-electron chi connectivity index (χ2n) is 7.70. The van der Waals surface area contributed by atoms with E-state index in [2.05, 4.69) is 53.4 Å². The van der Waals surface area contributed by atoms with E-state index in [9.17, 15) is 4.79 Å². The molecule has 0 unspecified atom stereocenters. The van der Waals surface area contributed by atoms with Gasteiger partial charge in [-0.1, -0.05) is 56.3 Å². The van der Waals surface area contributed by atoms with Crippen molar-refractivity contribution in [2.24, 2.45) is 7.05 Å². The number of aromatic nitrogens is 4. The number of anilines is 1. The molecule has 158 valence electrons. The molecule has 0 aliphatic rings. The number of amides is 1. The van der Waals surface area contributed by atoms with Crippen LogP contribution in [0.3, 0.4) is 0 Å². The molecular weight excluding hydrogens is 422 g/mol. The summed E-state index contributed by atoms with van der Waals surface area (Å²) < 4.78 is 7.66. The number of hydrogen-bond acceptors (Lipinski definition) is 6. The van der Waals surface area contributed by atoms with Crippen LogP contribution in [-0.2, 0) is 23.9 Å². The van der Waals surface area contributed by atoms with E-state index in [1.165, 1.54) is 17.3 Å². The molecule has 1 N–H and O–H groups in total. The first-order valence-electron chi connectivity index (χ1n) is 9.39. The third-order valence-corrected chi connectivity index (χ3v) is 5.70. The van der Waals surface area contributed by atoms with Crippen molar-refractivity contribution >= 4 is 35.0 Å². The average molecular weight is 446 g/mol. The smallest absolute Gasteiger partial charge is 0.234 e. The van der Waals surface area contributed by atoms with Crippen LogP contribution in [0.15, 0.2) is 47.8 Å². The molecule has 9 heteroatoms. The number of benzene rings is 1. The number of hydrogen-bond donors (Lipinski definition) is 1.